The molecule has 1 N–H and O–H groups in total. The van der Waals surface area contributed by atoms with Crippen LogP contribution in [0.5, 0.6) is 0 Å². The van der Waals surface area contributed by atoms with Gasteiger partial charge >= 0.3 is 0 Å². The molecule has 3 aromatic heterocycles. The van der Waals surface area contributed by atoms with Crippen LogP contribution in [0, 0.1) is 6.92 Å². The smallest absolute Gasteiger partial charge is 0.229 e. The third kappa shape index (κ3) is 3.18. The van der Waals surface area contributed by atoms with E-state index in [0.29, 0.717) is 13.0 Å². The fourth-order valence-electron chi connectivity index (χ4n) is 4.29. The van der Waals surface area contributed by atoms with Gasteiger partial charge in [-0.15, -0.1) is 0 Å². The molecule has 1 amide bonds. The van der Waals surface area contributed by atoms with Crippen LogP contribution in [-0.4, -0.2) is 32.3 Å². The summed E-state index contributed by atoms with van der Waals surface area (Å²) in [6.45, 7) is 2.65. The Kier molecular flexibility index (Phi) is 4.35. The molecular weight excluding hydrogens is 360 g/mol. The number of carbonyl (C=O) groups is 1. The minimum atomic E-state index is -0.220. The lowest BCUT2D eigenvalue weighted by Gasteiger charge is -2.35. The van der Waals surface area contributed by atoms with E-state index in [-0.39, 0.29) is 11.9 Å². The van der Waals surface area contributed by atoms with E-state index in [1.807, 2.05) is 54.3 Å². The number of carbonyl (C=O) groups excluding carboxylic acids is 1. The number of rotatable bonds is 3. The number of amides is 1. The number of nitrogens with zero attached hydrogens (tertiary/aromatic N) is 3. The Morgan fingerprint density at radius 2 is 1.97 bits per heavy atom. The highest BCUT2D eigenvalue weighted by Gasteiger charge is 2.35. The number of nitrogens with one attached hydrogen (secondary N) is 1. The fraction of sp³-hybridized carbons (Fsp3) is 0.208. The molecule has 1 unspecified atom stereocenters. The minimum Gasteiger partial charge on any atom is -0.356 e. The molecule has 0 aliphatic carbocycles. The van der Waals surface area contributed by atoms with Crippen LogP contribution in [0.2, 0.25) is 0 Å². The van der Waals surface area contributed by atoms with E-state index in [2.05, 4.69) is 28.2 Å². The van der Waals surface area contributed by atoms with E-state index in [1.165, 1.54) is 10.9 Å². The maximum absolute atomic E-state index is 13.3. The van der Waals surface area contributed by atoms with Crippen molar-refractivity contribution in [2.75, 3.05) is 6.54 Å². The van der Waals surface area contributed by atoms with Crippen molar-refractivity contribution in [2.45, 2.75) is 25.8 Å². The third-order valence-electron chi connectivity index (χ3n) is 5.60. The number of para-hydroxylation sites is 1. The van der Waals surface area contributed by atoms with Crippen molar-refractivity contribution >= 4 is 16.8 Å². The number of fused-ring (bicyclic) bond motifs is 3. The first-order valence-electron chi connectivity index (χ1n) is 9.93. The van der Waals surface area contributed by atoms with Crippen molar-refractivity contribution in [3.05, 3.63) is 95.2 Å². The summed E-state index contributed by atoms with van der Waals surface area (Å²) in [7, 11) is 0. The fourth-order valence-corrected chi connectivity index (χ4v) is 4.29. The lowest BCUT2D eigenvalue weighted by Crippen LogP contribution is -2.41. The van der Waals surface area contributed by atoms with Gasteiger partial charge in [0, 0.05) is 40.7 Å². The topological polar surface area (TPSA) is 61.9 Å². The van der Waals surface area contributed by atoms with Gasteiger partial charge in [-0.05, 0) is 49.2 Å². The Labute approximate surface area is 169 Å². The van der Waals surface area contributed by atoms with E-state index in [1.54, 1.807) is 6.20 Å². The molecule has 0 fully saturated rings. The lowest BCUT2D eigenvalue weighted by atomic mass is 9.94. The first-order chi connectivity index (χ1) is 14.2. The molecule has 1 aliphatic heterocycles. The van der Waals surface area contributed by atoms with Crippen molar-refractivity contribution in [2.24, 2.45) is 0 Å². The minimum absolute atomic E-state index is 0.0707. The van der Waals surface area contributed by atoms with Gasteiger partial charge in [0.25, 0.3) is 0 Å². The van der Waals surface area contributed by atoms with E-state index in [9.17, 15) is 4.79 Å². The van der Waals surface area contributed by atoms with Gasteiger partial charge in [0.15, 0.2) is 0 Å². The van der Waals surface area contributed by atoms with Crippen molar-refractivity contribution in [1.82, 2.24) is 19.9 Å². The highest BCUT2D eigenvalue weighted by molar-refractivity contribution is 5.86. The summed E-state index contributed by atoms with van der Waals surface area (Å²) >= 11 is 0. The van der Waals surface area contributed by atoms with Gasteiger partial charge in [-0.1, -0.05) is 30.3 Å². The molecule has 5 rings (SSSR count). The molecule has 1 aliphatic rings. The Morgan fingerprint density at radius 1 is 1.10 bits per heavy atom. The molecule has 0 saturated heterocycles. The summed E-state index contributed by atoms with van der Waals surface area (Å²) in [5.41, 5.74) is 6.10. The first kappa shape index (κ1) is 17.6. The molecule has 4 aromatic rings. The van der Waals surface area contributed by atoms with Crippen molar-refractivity contribution in [3.8, 4) is 0 Å². The molecule has 0 bridgehead atoms. The molecule has 5 heteroatoms. The number of hydrogen-bond acceptors (Lipinski definition) is 3. The standard InChI is InChI=1S/C24H22N4O/c1-16-7-6-11-21(26-16)24-23-19(18-9-2-3-10-20(18)27-23)12-14-28(24)22(29)15-17-8-4-5-13-25-17/h2-11,13,24,27H,12,14-15H2,1H3. The Bertz CT molecular complexity index is 1180. The maximum Gasteiger partial charge on any atom is 0.229 e. The maximum atomic E-state index is 13.3. The van der Waals surface area contributed by atoms with Crippen LogP contribution in [0.4, 0.5) is 0 Å². The van der Waals surface area contributed by atoms with Crippen LogP contribution < -0.4 is 0 Å². The second-order valence-corrected chi connectivity index (χ2v) is 7.50. The lowest BCUT2D eigenvalue weighted by molar-refractivity contribution is -0.132. The number of aromatic amines is 1. The van der Waals surface area contributed by atoms with E-state index >= 15 is 0 Å². The zero-order valence-electron chi connectivity index (χ0n) is 16.3. The molecule has 29 heavy (non-hydrogen) atoms. The third-order valence-corrected chi connectivity index (χ3v) is 5.60. The molecule has 1 atom stereocenters. The predicted molar refractivity (Wildman–Crippen MR) is 112 cm³/mol. The summed E-state index contributed by atoms with van der Waals surface area (Å²) in [6.07, 6.45) is 2.85. The average molecular weight is 382 g/mol. The van der Waals surface area contributed by atoms with Gasteiger partial charge in [0.2, 0.25) is 5.91 Å². The van der Waals surface area contributed by atoms with Crippen LogP contribution in [0.1, 0.15) is 34.4 Å². The Morgan fingerprint density at radius 3 is 2.79 bits per heavy atom. The molecule has 1 aromatic carbocycles. The van der Waals surface area contributed by atoms with Crippen molar-refractivity contribution in [1.29, 1.82) is 0 Å². The molecule has 5 nitrogen and oxygen atoms in total. The summed E-state index contributed by atoms with van der Waals surface area (Å²) in [4.78, 5) is 28.0. The Hall–Kier alpha value is -3.47. The molecular formula is C24H22N4O. The average Bonchev–Trinajstić information content (AvgIpc) is 3.12. The predicted octanol–water partition coefficient (Wildman–Crippen LogP) is 3.98. The van der Waals surface area contributed by atoms with Crippen LogP contribution in [0.3, 0.4) is 0 Å². The summed E-state index contributed by atoms with van der Waals surface area (Å²) in [5.74, 6) is 0.0707. The highest BCUT2D eigenvalue weighted by atomic mass is 16.2. The summed E-state index contributed by atoms with van der Waals surface area (Å²) in [5, 5.41) is 1.23. The molecule has 144 valence electrons. The summed E-state index contributed by atoms with van der Waals surface area (Å²) in [6, 6.07) is 19.8. The normalized spacial score (nSPS) is 16.0. The number of aromatic nitrogens is 3. The van der Waals surface area contributed by atoms with Gasteiger partial charge < -0.3 is 9.88 Å². The Balaban J connectivity index is 1.60. The molecule has 4 heterocycles. The number of H-pyrrole nitrogens is 1. The van der Waals surface area contributed by atoms with Crippen molar-refractivity contribution < 1.29 is 4.79 Å². The number of benzene rings is 1. The van der Waals surface area contributed by atoms with E-state index in [4.69, 9.17) is 4.98 Å². The second-order valence-electron chi connectivity index (χ2n) is 7.50. The quantitative estimate of drug-likeness (QED) is 0.583. The van der Waals surface area contributed by atoms with Gasteiger partial charge in [-0.3, -0.25) is 14.8 Å². The van der Waals surface area contributed by atoms with Gasteiger partial charge in [0.05, 0.1) is 12.1 Å². The van der Waals surface area contributed by atoms with E-state index in [0.717, 1.165) is 34.7 Å². The molecule has 0 spiro atoms. The van der Waals surface area contributed by atoms with Gasteiger partial charge in [-0.25, -0.2) is 0 Å². The number of aryl methyl sites for hydroxylation is 1. The van der Waals surface area contributed by atoms with Crippen LogP contribution in [0.25, 0.3) is 10.9 Å². The first-order valence-corrected chi connectivity index (χ1v) is 9.93. The van der Waals surface area contributed by atoms with E-state index < -0.39 is 0 Å². The van der Waals surface area contributed by atoms with Crippen LogP contribution in [-0.2, 0) is 17.6 Å². The van der Waals surface area contributed by atoms with Gasteiger partial charge in [0.1, 0.15) is 6.04 Å². The zero-order chi connectivity index (χ0) is 19.8. The SMILES string of the molecule is Cc1cccc(C2c3[nH]c4ccccc4c3CCN2C(=O)Cc2ccccn2)n1. The van der Waals surface area contributed by atoms with Crippen molar-refractivity contribution in [3.63, 3.8) is 0 Å². The highest BCUT2D eigenvalue weighted by Crippen LogP contribution is 2.38. The van der Waals surface area contributed by atoms with Gasteiger partial charge in [-0.2, -0.15) is 0 Å². The monoisotopic (exact) mass is 382 g/mol. The molecule has 0 saturated carbocycles. The molecule has 0 radical (unpaired) electrons. The number of pyridine rings is 2. The van der Waals surface area contributed by atoms with Crippen LogP contribution in [0.15, 0.2) is 66.9 Å². The number of hydrogen-bond donors (Lipinski definition) is 1. The largest absolute Gasteiger partial charge is 0.356 e. The zero-order valence-corrected chi connectivity index (χ0v) is 16.3. The second kappa shape index (κ2) is 7.17. The van der Waals surface area contributed by atoms with Crippen LogP contribution >= 0.6 is 0 Å². The summed E-state index contributed by atoms with van der Waals surface area (Å²) < 4.78 is 0.